The molecule has 0 bridgehead atoms. The molecular formula is C11H13FO. The lowest BCUT2D eigenvalue weighted by molar-refractivity contribution is 0.298. The first kappa shape index (κ1) is 9.93. The van der Waals surface area contributed by atoms with Crippen molar-refractivity contribution < 1.29 is 9.50 Å². The summed E-state index contributed by atoms with van der Waals surface area (Å²) in [4.78, 5) is 0. The zero-order chi connectivity index (χ0) is 9.68. The largest absolute Gasteiger partial charge is 0.396 e. The molecule has 0 aliphatic heterocycles. The van der Waals surface area contributed by atoms with Crippen LogP contribution in [-0.4, -0.2) is 11.7 Å². The van der Waals surface area contributed by atoms with Gasteiger partial charge in [-0.3, -0.25) is 0 Å². The van der Waals surface area contributed by atoms with Crippen LogP contribution in [0.4, 0.5) is 4.39 Å². The van der Waals surface area contributed by atoms with Gasteiger partial charge in [0.1, 0.15) is 5.82 Å². The summed E-state index contributed by atoms with van der Waals surface area (Å²) in [6, 6.07) is 6.33. The molecule has 1 N–H and O–H groups in total. The molecule has 1 rings (SSSR count). The zero-order valence-corrected chi connectivity index (χ0v) is 7.46. The van der Waals surface area contributed by atoms with E-state index in [1.807, 2.05) is 0 Å². The van der Waals surface area contributed by atoms with Gasteiger partial charge >= 0.3 is 0 Å². The normalized spacial score (nSPS) is 10.0. The lowest BCUT2D eigenvalue weighted by atomic mass is 10.0. The molecule has 1 nitrogen and oxygen atoms in total. The SMILES string of the molecule is C=C(CCO)Cc1ccc(F)cc1. The maximum atomic E-state index is 12.5. The molecule has 13 heavy (non-hydrogen) atoms. The van der Waals surface area contributed by atoms with Gasteiger partial charge in [-0.05, 0) is 30.5 Å². The quantitative estimate of drug-likeness (QED) is 0.705. The van der Waals surface area contributed by atoms with Crippen LogP contribution >= 0.6 is 0 Å². The Kier molecular flexibility index (Phi) is 3.65. The number of rotatable bonds is 4. The number of hydrogen-bond donors (Lipinski definition) is 1. The van der Waals surface area contributed by atoms with Crippen molar-refractivity contribution in [3.05, 3.63) is 47.8 Å². The topological polar surface area (TPSA) is 20.2 Å². The fourth-order valence-electron chi connectivity index (χ4n) is 1.14. The molecule has 0 spiro atoms. The minimum absolute atomic E-state index is 0.125. The molecule has 0 atom stereocenters. The summed E-state index contributed by atoms with van der Waals surface area (Å²) in [5.41, 5.74) is 1.99. The molecule has 0 aliphatic carbocycles. The standard InChI is InChI=1S/C11H13FO/c1-9(6-7-13)8-10-2-4-11(12)5-3-10/h2-5,13H,1,6-8H2. The highest BCUT2D eigenvalue weighted by molar-refractivity contribution is 5.21. The minimum atomic E-state index is -0.225. The van der Waals surface area contributed by atoms with E-state index in [9.17, 15) is 4.39 Å². The van der Waals surface area contributed by atoms with Gasteiger partial charge in [-0.15, -0.1) is 0 Å². The van der Waals surface area contributed by atoms with E-state index >= 15 is 0 Å². The summed E-state index contributed by atoms with van der Waals surface area (Å²) >= 11 is 0. The fourth-order valence-corrected chi connectivity index (χ4v) is 1.14. The molecular weight excluding hydrogens is 167 g/mol. The molecule has 70 valence electrons. The number of aliphatic hydroxyl groups excluding tert-OH is 1. The van der Waals surface area contributed by atoms with E-state index in [-0.39, 0.29) is 12.4 Å². The highest BCUT2D eigenvalue weighted by Crippen LogP contribution is 2.09. The van der Waals surface area contributed by atoms with Gasteiger partial charge in [0.25, 0.3) is 0 Å². The summed E-state index contributed by atoms with van der Waals surface area (Å²) in [7, 11) is 0. The average Bonchev–Trinajstić information content (AvgIpc) is 2.09. The number of hydrogen-bond acceptors (Lipinski definition) is 1. The van der Waals surface area contributed by atoms with Crippen molar-refractivity contribution in [3.63, 3.8) is 0 Å². The summed E-state index contributed by atoms with van der Waals surface area (Å²) < 4.78 is 12.5. The third-order valence-corrected chi connectivity index (χ3v) is 1.83. The van der Waals surface area contributed by atoms with Crippen LogP contribution in [0.3, 0.4) is 0 Å². The van der Waals surface area contributed by atoms with E-state index in [0.717, 1.165) is 11.1 Å². The summed E-state index contributed by atoms with van der Waals surface area (Å²) in [6.45, 7) is 3.93. The van der Waals surface area contributed by atoms with E-state index < -0.39 is 0 Å². The van der Waals surface area contributed by atoms with Gasteiger partial charge in [0.05, 0.1) is 0 Å². The van der Waals surface area contributed by atoms with Crippen molar-refractivity contribution in [3.8, 4) is 0 Å². The zero-order valence-electron chi connectivity index (χ0n) is 7.46. The molecule has 1 aromatic rings. The Balaban J connectivity index is 2.54. The predicted octanol–water partition coefficient (Wildman–Crippen LogP) is 2.31. The van der Waals surface area contributed by atoms with E-state index in [1.54, 1.807) is 12.1 Å². The maximum Gasteiger partial charge on any atom is 0.123 e. The van der Waals surface area contributed by atoms with Crippen molar-refractivity contribution in [2.24, 2.45) is 0 Å². The minimum Gasteiger partial charge on any atom is -0.396 e. The molecule has 0 unspecified atom stereocenters. The molecule has 1 aromatic carbocycles. The summed E-state index contributed by atoms with van der Waals surface area (Å²) in [5, 5.41) is 8.64. The Hall–Kier alpha value is -1.15. The molecule has 0 aromatic heterocycles. The smallest absolute Gasteiger partial charge is 0.123 e. The van der Waals surface area contributed by atoms with Crippen molar-refractivity contribution in [1.29, 1.82) is 0 Å². The van der Waals surface area contributed by atoms with Crippen molar-refractivity contribution in [2.45, 2.75) is 12.8 Å². The van der Waals surface area contributed by atoms with Crippen LogP contribution in [0.25, 0.3) is 0 Å². The molecule has 0 heterocycles. The predicted molar refractivity (Wildman–Crippen MR) is 50.9 cm³/mol. The van der Waals surface area contributed by atoms with Crippen molar-refractivity contribution >= 4 is 0 Å². The van der Waals surface area contributed by atoms with Gasteiger partial charge in [0, 0.05) is 6.61 Å². The fraction of sp³-hybridized carbons (Fsp3) is 0.273. The van der Waals surface area contributed by atoms with Gasteiger partial charge in [-0.2, -0.15) is 0 Å². The van der Waals surface area contributed by atoms with Crippen LogP contribution in [0.2, 0.25) is 0 Å². The summed E-state index contributed by atoms with van der Waals surface area (Å²) in [5.74, 6) is -0.225. The van der Waals surface area contributed by atoms with Gasteiger partial charge in [0.2, 0.25) is 0 Å². The second-order valence-electron chi connectivity index (χ2n) is 3.03. The van der Waals surface area contributed by atoms with Gasteiger partial charge in [-0.1, -0.05) is 24.3 Å². The molecule has 0 saturated heterocycles. The summed E-state index contributed by atoms with van der Waals surface area (Å²) in [6.07, 6.45) is 1.32. The number of benzene rings is 1. The van der Waals surface area contributed by atoms with Crippen LogP contribution < -0.4 is 0 Å². The van der Waals surface area contributed by atoms with Gasteiger partial charge < -0.3 is 5.11 Å². The molecule has 0 radical (unpaired) electrons. The second kappa shape index (κ2) is 4.77. The lowest BCUT2D eigenvalue weighted by Gasteiger charge is -2.03. The van der Waals surface area contributed by atoms with Crippen LogP contribution in [0.5, 0.6) is 0 Å². The van der Waals surface area contributed by atoms with Gasteiger partial charge in [0.15, 0.2) is 0 Å². The van der Waals surface area contributed by atoms with E-state index in [4.69, 9.17) is 5.11 Å². The number of halogens is 1. The van der Waals surface area contributed by atoms with Crippen molar-refractivity contribution in [1.82, 2.24) is 0 Å². The lowest BCUT2D eigenvalue weighted by Crippen LogP contribution is -1.92. The second-order valence-corrected chi connectivity index (χ2v) is 3.03. The first-order valence-corrected chi connectivity index (χ1v) is 4.24. The Morgan fingerprint density at radius 2 is 1.92 bits per heavy atom. The Bertz CT molecular complexity index is 277. The Labute approximate surface area is 77.5 Å². The first-order valence-electron chi connectivity index (χ1n) is 4.24. The highest BCUT2D eigenvalue weighted by Gasteiger charge is 1.97. The third kappa shape index (κ3) is 3.38. The highest BCUT2D eigenvalue weighted by atomic mass is 19.1. The molecule has 2 heteroatoms. The first-order chi connectivity index (χ1) is 6.22. The van der Waals surface area contributed by atoms with Crippen LogP contribution in [0.1, 0.15) is 12.0 Å². The number of aliphatic hydroxyl groups is 1. The van der Waals surface area contributed by atoms with Crippen LogP contribution in [0.15, 0.2) is 36.4 Å². The van der Waals surface area contributed by atoms with Crippen LogP contribution in [-0.2, 0) is 6.42 Å². The average molecular weight is 180 g/mol. The molecule has 0 aliphatic rings. The monoisotopic (exact) mass is 180 g/mol. The van der Waals surface area contributed by atoms with Crippen LogP contribution in [0, 0.1) is 5.82 Å². The third-order valence-electron chi connectivity index (χ3n) is 1.83. The van der Waals surface area contributed by atoms with E-state index in [1.165, 1.54) is 12.1 Å². The Morgan fingerprint density at radius 1 is 1.31 bits per heavy atom. The molecule has 0 saturated carbocycles. The van der Waals surface area contributed by atoms with Crippen molar-refractivity contribution in [2.75, 3.05) is 6.61 Å². The van der Waals surface area contributed by atoms with E-state index in [0.29, 0.717) is 12.8 Å². The maximum absolute atomic E-state index is 12.5. The van der Waals surface area contributed by atoms with E-state index in [2.05, 4.69) is 6.58 Å². The molecule has 0 amide bonds. The molecule has 0 fully saturated rings. The Morgan fingerprint density at radius 3 is 2.46 bits per heavy atom. The van der Waals surface area contributed by atoms with Gasteiger partial charge in [-0.25, -0.2) is 4.39 Å².